The Bertz CT molecular complexity index is 998. The van der Waals surface area contributed by atoms with Crippen molar-refractivity contribution in [2.24, 2.45) is 0 Å². The van der Waals surface area contributed by atoms with Gasteiger partial charge in [-0.3, -0.25) is 4.68 Å². The van der Waals surface area contributed by atoms with E-state index < -0.39 is 0 Å². The Hall–Kier alpha value is -3.02. The van der Waals surface area contributed by atoms with Gasteiger partial charge in [-0.2, -0.15) is 5.10 Å². The lowest BCUT2D eigenvalue weighted by Gasteiger charge is -2.04. The maximum absolute atomic E-state index is 13.3. The molecule has 5 nitrogen and oxygen atoms in total. The van der Waals surface area contributed by atoms with E-state index in [9.17, 15) is 4.39 Å². The predicted octanol–water partition coefficient (Wildman–Crippen LogP) is 4.21. The first-order chi connectivity index (χ1) is 11.6. The minimum absolute atomic E-state index is 0.219. The van der Waals surface area contributed by atoms with Crippen molar-refractivity contribution in [3.05, 3.63) is 54.9 Å². The number of aromatic amines is 1. The second-order valence-electron chi connectivity index (χ2n) is 5.93. The second kappa shape index (κ2) is 5.56. The number of nitrogens with one attached hydrogen (secondary N) is 1. The summed E-state index contributed by atoms with van der Waals surface area (Å²) in [7, 11) is 0. The molecule has 0 unspecified atom stereocenters. The molecule has 6 heteroatoms. The van der Waals surface area contributed by atoms with Gasteiger partial charge in [0.15, 0.2) is 5.65 Å². The van der Waals surface area contributed by atoms with Gasteiger partial charge in [0.1, 0.15) is 11.5 Å². The summed E-state index contributed by atoms with van der Waals surface area (Å²) in [5.74, 6) is -0.261. The van der Waals surface area contributed by atoms with Gasteiger partial charge in [-0.1, -0.05) is 0 Å². The van der Waals surface area contributed by atoms with Gasteiger partial charge >= 0.3 is 0 Å². The topological polar surface area (TPSA) is 59.4 Å². The van der Waals surface area contributed by atoms with E-state index in [1.807, 2.05) is 16.9 Å². The van der Waals surface area contributed by atoms with Crippen LogP contribution in [0.1, 0.15) is 19.9 Å². The van der Waals surface area contributed by atoms with Gasteiger partial charge in [0.05, 0.1) is 11.8 Å². The Morgan fingerprint density at radius 2 is 1.83 bits per heavy atom. The zero-order chi connectivity index (χ0) is 16.7. The molecule has 3 aromatic heterocycles. The molecule has 24 heavy (non-hydrogen) atoms. The fourth-order valence-corrected chi connectivity index (χ4v) is 2.75. The van der Waals surface area contributed by atoms with Crippen LogP contribution in [0.15, 0.2) is 49.1 Å². The summed E-state index contributed by atoms with van der Waals surface area (Å²) in [6.07, 6.45) is 5.38. The summed E-state index contributed by atoms with van der Waals surface area (Å²) in [4.78, 5) is 11.6. The van der Waals surface area contributed by atoms with Crippen LogP contribution in [-0.4, -0.2) is 24.7 Å². The third-order valence-electron chi connectivity index (χ3n) is 4.00. The molecule has 0 amide bonds. The lowest BCUT2D eigenvalue weighted by molar-refractivity contribution is 0.534. The van der Waals surface area contributed by atoms with Crippen LogP contribution < -0.4 is 0 Å². The number of nitrogens with zero attached hydrogens (tertiary/aromatic N) is 4. The molecule has 0 aliphatic heterocycles. The zero-order valence-corrected chi connectivity index (χ0v) is 13.4. The molecule has 4 rings (SSSR count). The van der Waals surface area contributed by atoms with Gasteiger partial charge in [0.2, 0.25) is 0 Å². The quantitative estimate of drug-likeness (QED) is 0.615. The maximum atomic E-state index is 13.3. The first-order valence-electron chi connectivity index (χ1n) is 7.77. The van der Waals surface area contributed by atoms with Crippen LogP contribution in [0, 0.1) is 5.82 Å². The summed E-state index contributed by atoms with van der Waals surface area (Å²) < 4.78 is 15.2. The lowest BCUT2D eigenvalue weighted by atomic mass is 10.0. The standard InChI is InChI=1S/C18H16FN5/c1-11(2)24-9-15(14-7-8-20-18-17(14)21-10-22-18)16(23-24)12-3-5-13(19)6-4-12/h3-11H,1-2H3,(H,20,21,22). The van der Waals surface area contributed by atoms with E-state index in [2.05, 4.69) is 28.8 Å². The molecule has 0 atom stereocenters. The lowest BCUT2D eigenvalue weighted by Crippen LogP contribution is -2.00. The van der Waals surface area contributed by atoms with E-state index in [-0.39, 0.29) is 11.9 Å². The Kier molecular flexibility index (Phi) is 3.37. The van der Waals surface area contributed by atoms with E-state index in [1.54, 1.807) is 24.7 Å². The molecular formula is C18H16FN5. The molecule has 120 valence electrons. The van der Waals surface area contributed by atoms with Crippen molar-refractivity contribution in [2.75, 3.05) is 0 Å². The first kappa shape index (κ1) is 14.6. The highest BCUT2D eigenvalue weighted by Crippen LogP contribution is 2.34. The number of hydrogen-bond acceptors (Lipinski definition) is 3. The molecule has 1 aromatic carbocycles. The smallest absolute Gasteiger partial charge is 0.178 e. The highest BCUT2D eigenvalue weighted by Gasteiger charge is 2.17. The summed E-state index contributed by atoms with van der Waals surface area (Å²) in [6, 6.07) is 8.55. The molecule has 0 fully saturated rings. The SMILES string of the molecule is CC(C)n1cc(-c2ccnc3nc[nH]c23)c(-c2ccc(F)cc2)n1. The molecule has 4 aromatic rings. The van der Waals surface area contributed by atoms with Crippen molar-refractivity contribution in [2.45, 2.75) is 19.9 Å². The van der Waals surface area contributed by atoms with E-state index in [1.165, 1.54) is 12.1 Å². The molecule has 0 saturated carbocycles. The van der Waals surface area contributed by atoms with Crippen LogP contribution in [0.4, 0.5) is 4.39 Å². The van der Waals surface area contributed by atoms with Crippen molar-refractivity contribution >= 4 is 11.2 Å². The Morgan fingerprint density at radius 3 is 2.58 bits per heavy atom. The maximum Gasteiger partial charge on any atom is 0.178 e. The number of halogens is 1. The number of imidazole rings is 1. The van der Waals surface area contributed by atoms with Crippen molar-refractivity contribution in [3.8, 4) is 22.4 Å². The summed E-state index contributed by atoms with van der Waals surface area (Å²) in [5, 5.41) is 4.72. The fraction of sp³-hybridized carbons (Fsp3) is 0.167. The largest absolute Gasteiger partial charge is 0.343 e. The Balaban J connectivity index is 1.97. The fourth-order valence-electron chi connectivity index (χ4n) is 2.75. The molecule has 1 N–H and O–H groups in total. The number of benzene rings is 1. The van der Waals surface area contributed by atoms with Gasteiger partial charge in [-0.15, -0.1) is 0 Å². The van der Waals surface area contributed by atoms with Crippen molar-refractivity contribution < 1.29 is 4.39 Å². The number of fused-ring (bicyclic) bond motifs is 1. The number of aromatic nitrogens is 5. The van der Waals surface area contributed by atoms with Crippen LogP contribution in [-0.2, 0) is 0 Å². The summed E-state index contributed by atoms with van der Waals surface area (Å²) in [6.45, 7) is 4.15. The van der Waals surface area contributed by atoms with Gasteiger partial charge in [-0.25, -0.2) is 14.4 Å². The molecule has 0 bridgehead atoms. The number of pyridine rings is 1. The minimum atomic E-state index is -0.261. The zero-order valence-electron chi connectivity index (χ0n) is 13.4. The second-order valence-corrected chi connectivity index (χ2v) is 5.93. The van der Waals surface area contributed by atoms with Gasteiger partial charge in [-0.05, 0) is 44.2 Å². The molecule has 0 radical (unpaired) electrons. The molecule has 0 aliphatic carbocycles. The van der Waals surface area contributed by atoms with E-state index >= 15 is 0 Å². The van der Waals surface area contributed by atoms with E-state index in [0.29, 0.717) is 5.65 Å². The van der Waals surface area contributed by atoms with Gasteiger partial charge in [0, 0.05) is 35.1 Å². The first-order valence-corrected chi connectivity index (χ1v) is 7.77. The average Bonchev–Trinajstić information content (AvgIpc) is 3.22. The molecule has 0 spiro atoms. The van der Waals surface area contributed by atoms with Crippen molar-refractivity contribution in [3.63, 3.8) is 0 Å². The summed E-state index contributed by atoms with van der Waals surface area (Å²) in [5.41, 5.74) is 5.15. The van der Waals surface area contributed by atoms with Gasteiger partial charge < -0.3 is 4.98 Å². The Morgan fingerprint density at radius 1 is 1.04 bits per heavy atom. The third kappa shape index (κ3) is 2.36. The highest BCUT2D eigenvalue weighted by atomic mass is 19.1. The summed E-state index contributed by atoms with van der Waals surface area (Å²) >= 11 is 0. The molecule has 3 heterocycles. The predicted molar refractivity (Wildman–Crippen MR) is 90.9 cm³/mol. The third-order valence-corrected chi connectivity index (χ3v) is 4.00. The van der Waals surface area contributed by atoms with Crippen LogP contribution in [0.3, 0.4) is 0 Å². The van der Waals surface area contributed by atoms with Gasteiger partial charge in [0.25, 0.3) is 0 Å². The molecule has 0 aliphatic rings. The Labute approximate surface area is 138 Å². The highest BCUT2D eigenvalue weighted by molar-refractivity contribution is 5.94. The van der Waals surface area contributed by atoms with E-state index in [4.69, 9.17) is 5.10 Å². The molecule has 0 saturated heterocycles. The monoisotopic (exact) mass is 321 g/mol. The van der Waals surface area contributed by atoms with E-state index in [0.717, 1.165) is 27.9 Å². The van der Waals surface area contributed by atoms with Crippen LogP contribution in [0.2, 0.25) is 0 Å². The van der Waals surface area contributed by atoms with Crippen LogP contribution in [0.25, 0.3) is 33.5 Å². The van der Waals surface area contributed by atoms with Crippen LogP contribution in [0.5, 0.6) is 0 Å². The number of hydrogen-bond donors (Lipinski definition) is 1. The van der Waals surface area contributed by atoms with Crippen LogP contribution >= 0.6 is 0 Å². The number of rotatable bonds is 3. The van der Waals surface area contributed by atoms with Crippen molar-refractivity contribution in [1.82, 2.24) is 24.7 Å². The molecular weight excluding hydrogens is 305 g/mol. The average molecular weight is 321 g/mol. The normalized spacial score (nSPS) is 11.5. The van der Waals surface area contributed by atoms with Crippen molar-refractivity contribution in [1.29, 1.82) is 0 Å². The number of H-pyrrole nitrogens is 1. The minimum Gasteiger partial charge on any atom is -0.343 e.